The molecular weight excluding hydrogens is 457 g/mol. The van der Waals surface area contributed by atoms with Crippen LogP contribution in [-0.4, -0.2) is 61.7 Å². The molecule has 0 saturated carbocycles. The van der Waals surface area contributed by atoms with Gasteiger partial charge < -0.3 is 19.8 Å². The van der Waals surface area contributed by atoms with Crippen LogP contribution in [0.4, 0.5) is 27.9 Å². The van der Waals surface area contributed by atoms with Gasteiger partial charge in [0.1, 0.15) is 5.69 Å². The number of halogens is 5. The second kappa shape index (κ2) is 8.10. The summed E-state index contributed by atoms with van der Waals surface area (Å²) in [6, 6.07) is 0.235. The van der Waals surface area contributed by atoms with Gasteiger partial charge >= 0.3 is 12.1 Å². The molecular formula is C19H16F5N5O4. The van der Waals surface area contributed by atoms with Gasteiger partial charge in [-0.2, -0.15) is 23.3 Å². The number of aromatic hydroxyl groups is 1. The molecule has 33 heavy (non-hydrogen) atoms. The normalized spacial score (nSPS) is 17.0. The van der Waals surface area contributed by atoms with E-state index in [0.29, 0.717) is 6.54 Å². The zero-order valence-electron chi connectivity index (χ0n) is 16.9. The third kappa shape index (κ3) is 4.13. The summed E-state index contributed by atoms with van der Waals surface area (Å²) in [5.41, 5.74) is -2.79. The van der Waals surface area contributed by atoms with Crippen molar-refractivity contribution in [3.8, 4) is 17.0 Å². The Morgan fingerprint density at radius 3 is 2.70 bits per heavy atom. The van der Waals surface area contributed by atoms with E-state index in [2.05, 4.69) is 15.1 Å². The van der Waals surface area contributed by atoms with E-state index in [1.54, 1.807) is 4.90 Å². The maximum absolute atomic E-state index is 14.6. The molecule has 4 rings (SSSR count). The summed E-state index contributed by atoms with van der Waals surface area (Å²) in [5, 5.41) is 22.6. The van der Waals surface area contributed by atoms with E-state index in [0.717, 1.165) is 0 Å². The topological polar surface area (TPSA) is 114 Å². The third-order valence-corrected chi connectivity index (χ3v) is 5.13. The van der Waals surface area contributed by atoms with Crippen LogP contribution in [0.1, 0.15) is 12.0 Å². The van der Waals surface area contributed by atoms with Gasteiger partial charge in [-0.25, -0.2) is 18.4 Å². The molecule has 1 fully saturated rings. The predicted molar refractivity (Wildman–Crippen MR) is 103 cm³/mol. The number of phenols is 1. The van der Waals surface area contributed by atoms with Gasteiger partial charge in [-0.05, 0) is 6.07 Å². The Balaban J connectivity index is 1.77. The minimum absolute atomic E-state index is 0.0645. The molecule has 1 saturated heterocycles. The summed E-state index contributed by atoms with van der Waals surface area (Å²) < 4.78 is 74.5. The molecule has 1 atom stereocenters. The minimum atomic E-state index is -5.18. The van der Waals surface area contributed by atoms with Crippen LogP contribution in [-0.2, 0) is 22.8 Å². The summed E-state index contributed by atoms with van der Waals surface area (Å²) in [6.45, 7) is 0.788. The molecule has 0 amide bonds. The second-order valence-corrected chi connectivity index (χ2v) is 7.36. The first-order chi connectivity index (χ1) is 15.5. The zero-order chi connectivity index (χ0) is 24.1. The van der Waals surface area contributed by atoms with Gasteiger partial charge in [0.15, 0.2) is 23.0 Å². The average Bonchev–Trinajstić information content (AvgIpc) is 3.07. The highest BCUT2D eigenvalue weighted by Crippen LogP contribution is 2.41. The fourth-order valence-corrected chi connectivity index (χ4v) is 3.60. The Bertz CT molecular complexity index is 1250. The Morgan fingerprint density at radius 1 is 1.30 bits per heavy atom. The molecule has 2 N–H and O–H groups in total. The van der Waals surface area contributed by atoms with Crippen molar-refractivity contribution in [1.82, 2.24) is 19.7 Å². The molecule has 3 aromatic rings. The lowest BCUT2D eigenvalue weighted by atomic mass is 10.0. The Hall–Kier alpha value is -3.55. The van der Waals surface area contributed by atoms with Crippen LogP contribution in [0.3, 0.4) is 0 Å². The number of aliphatic carboxylic acids is 1. The molecule has 1 unspecified atom stereocenters. The zero-order valence-corrected chi connectivity index (χ0v) is 16.9. The van der Waals surface area contributed by atoms with E-state index in [1.807, 2.05) is 0 Å². The monoisotopic (exact) mass is 473 g/mol. The van der Waals surface area contributed by atoms with Crippen LogP contribution in [0.5, 0.6) is 5.75 Å². The van der Waals surface area contributed by atoms with E-state index < -0.39 is 46.8 Å². The highest BCUT2D eigenvalue weighted by molar-refractivity contribution is 5.91. The number of carboxylic acids is 1. The molecule has 1 aromatic carbocycles. The number of carboxylic acid groups (broad SMARTS) is 1. The summed E-state index contributed by atoms with van der Waals surface area (Å²) >= 11 is 0. The van der Waals surface area contributed by atoms with Gasteiger partial charge in [-0.1, -0.05) is 0 Å². The molecule has 176 valence electrons. The SMILES string of the molecule is Cn1nc(-c2cc(C(F)(F)F)c(F)c(O)c2F)c2cnc(N3CCOC(CC(=O)O)C3)nc21. The smallest absolute Gasteiger partial charge is 0.419 e. The van der Waals surface area contributed by atoms with E-state index >= 15 is 0 Å². The molecule has 0 aliphatic carbocycles. The van der Waals surface area contributed by atoms with Gasteiger partial charge in [0, 0.05) is 31.9 Å². The maximum atomic E-state index is 14.6. The molecule has 1 aliphatic heterocycles. The third-order valence-electron chi connectivity index (χ3n) is 5.13. The van der Waals surface area contributed by atoms with Crippen LogP contribution in [0.15, 0.2) is 12.3 Å². The van der Waals surface area contributed by atoms with Crippen LogP contribution >= 0.6 is 0 Å². The molecule has 3 heterocycles. The Kier molecular flexibility index (Phi) is 5.56. The van der Waals surface area contributed by atoms with Crippen LogP contribution in [0.25, 0.3) is 22.3 Å². The number of aryl methyl sites for hydroxylation is 1. The second-order valence-electron chi connectivity index (χ2n) is 7.36. The van der Waals surface area contributed by atoms with Crippen molar-refractivity contribution in [1.29, 1.82) is 0 Å². The Labute approximate surface area is 182 Å². The van der Waals surface area contributed by atoms with Crippen molar-refractivity contribution in [2.45, 2.75) is 18.7 Å². The highest BCUT2D eigenvalue weighted by Gasteiger charge is 2.38. The quantitative estimate of drug-likeness (QED) is 0.557. The van der Waals surface area contributed by atoms with Crippen LogP contribution in [0, 0.1) is 11.6 Å². The largest absolute Gasteiger partial charge is 0.503 e. The molecule has 0 radical (unpaired) electrons. The van der Waals surface area contributed by atoms with E-state index in [-0.39, 0.29) is 48.3 Å². The lowest BCUT2D eigenvalue weighted by Gasteiger charge is -2.32. The number of alkyl halides is 3. The number of aromatic nitrogens is 4. The number of anilines is 1. The van der Waals surface area contributed by atoms with Crippen LogP contribution < -0.4 is 4.90 Å². The first-order valence-corrected chi connectivity index (χ1v) is 9.54. The Morgan fingerprint density at radius 2 is 2.03 bits per heavy atom. The van der Waals surface area contributed by atoms with Crippen molar-refractivity contribution in [3.05, 3.63) is 29.5 Å². The van der Waals surface area contributed by atoms with Crippen LogP contribution in [0.2, 0.25) is 0 Å². The number of hydrogen-bond donors (Lipinski definition) is 2. The fraction of sp³-hybridized carbons (Fsp3) is 0.368. The summed E-state index contributed by atoms with van der Waals surface area (Å²) in [5.74, 6) is -6.33. The standard InChI is InChI=1S/C19H16F5N5O4/c1-28-17-10(6-25-18(26-17)29-2-3-33-8(7-29)4-12(30)31)15(27-28)9-5-11(19(22,23)24)14(21)16(32)13(9)20/h5-6,8,32H,2-4,7H2,1H3,(H,30,31). The van der Waals surface area contributed by atoms with Crippen molar-refractivity contribution in [3.63, 3.8) is 0 Å². The number of benzene rings is 1. The average molecular weight is 473 g/mol. The van der Waals surface area contributed by atoms with Gasteiger partial charge in [0.25, 0.3) is 0 Å². The van der Waals surface area contributed by atoms with Gasteiger partial charge in [0.2, 0.25) is 5.95 Å². The number of ether oxygens (including phenoxy) is 1. The molecule has 9 nitrogen and oxygen atoms in total. The first-order valence-electron chi connectivity index (χ1n) is 9.54. The van der Waals surface area contributed by atoms with Crippen molar-refractivity contribution in [2.75, 3.05) is 24.6 Å². The number of fused-ring (bicyclic) bond motifs is 1. The van der Waals surface area contributed by atoms with E-state index in [9.17, 15) is 31.9 Å². The van der Waals surface area contributed by atoms with Gasteiger partial charge in [-0.3, -0.25) is 4.79 Å². The fourth-order valence-electron chi connectivity index (χ4n) is 3.60. The van der Waals surface area contributed by atoms with Gasteiger partial charge in [-0.15, -0.1) is 0 Å². The summed E-state index contributed by atoms with van der Waals surface area (Å²) in [7, 11) is 1.42. The molecule has 2 aromatic heterocycles. The minimum Gasteiger partial charge on any atom is -0.503 e. The number of phenolic OH excluding ortho intramolecular Hbond substituents is 1. The number of rotatable bonds is 4. The number of morpholine rings is 1. The lowest BCUT2D eigenvalue weighted by Crippen LogP contribution is -2.44. The van der Waals surface area contributed by atoms with Crippen molar-refractivity contribution in [2.24, 2.45) is 7.05 Å². The summed E-state index contributed by atoms with van der Waals surface area (Å²) in [6.07, 6.45) is -4.77. The van der Waals surface area contributed by atoms with Crippen molar-refractivity contribution < 1.29 is 41.7 Å². The lowest BCUT2D eigenvalue weighted by molar-refractivity contribution is -0.141. The van der Waals surface area contributed by atoms with Crippen molar-refractivity contribution >= 4 is 23.0 Å². The first kappa shape index (κ1) is 22.6. The number of hydrogen-bond acceptors (Lipinski definition) is 7. The van der Waals surface area contributed by atoms with E-state index in [4.69, 9.17) is 9.84 Å². The number of carbonyl (C=O) groups is 1. The maximum Gasteiger partial charge on any atom is 0.419 e. The predicted octanol–water partition coefficient (Wildman–Crippen LogP) is 2.71. The summed E-state index contributed by atoms with van der Waals surface area (Å²) in [4.78, 5) is 21.1. The molecule has 0 spiro atoms. The van der Waals surface area contributed by atoms with Gasteiger partial charge in [0.05, 0.1) is 30.1 Å². The molecule has 14 heteroatoms. The highest BCUT2D eigenvalue weighted by atomic mass is 19.4. The van der Waals surface area contributed by atoms with E-state index in [1.165, 1.54) is 17.9 Å². The molecule has 1 aliphatic rings. The molecule has 0 bridgehead atoms. The number of nitrogens with zero attached hydrogens (tertiary/aromatic N) is 5.